The first-order chi connectivity index (χ1) is 8.84. The van der Waals surface area contributed by atoms with Crippen LogP contribution in [0, 0.1) is 29.1 Å². The number of hydrogen-bond acceptors (Lipinski definition) is 1. The van der Waals surface area contributed by atoms with E-state index in [0.717, 1.165) is 23.7 Å². The SMILES string of the molecule is CCCC1CCC(CNCC(C)C)C(C(C)(C)C)C1. The van der Waals surface area contributed by atoms with Crippen molar-refractivity contribution in [1.82, 2.24) is 5.32 Å². The van der Waals surface area contributed by atoms with Gasteiger partial charge in [-0.15, -0.1) is 0 Å². The first-order valence-electron chi connectivity index (χ1n) is 8.55. The first-order valence-corrected chi connectivity index (χ1v) is 8.55. The van der Waals surface area contributed by atoms with Crippen molar-refractivity contribution in [3.05, 3.63) is 0 Å². The van der Waals surface area contributed by atoms with Crippen LogP contribution in [0.4, 0.5) is 0 Å². The third-order valence-electron chi connectivity index (χ3n) is 4.87. The van der Waals surface area contributed by atoms with E-state index in [1.54, 1.807) is 0 Å². The summed E-state index contributed by atoms with van der Waals surface area (Å²) in [6, 6.07) is 0. The minimum absolute atomic E-state index is 0.469. The van der Waals surface area contributed by atoms with E-state index < -0.39 is 0 Å². The van der Waals surface area contributed by atoms with Crippen LogP contribution in [-0.4, -0.2) is 13.1 Å². The second-order valence-electron chi connectivity index (χ2n) is 8.25. The topological polar surface area (TPSA) is 12.0 Å². The van der Waals surface area contributed by atoms with Gasteiger partial charge in [0.2, 0.25) is 0 Å². The molecule has 0 aromatic heterocycles. The minimum Gasteiger partial charge on any atom is -0.316 e. The Morgan fingerprint density at radius 1 is 1.16 bits per heavy atom. The zero-order valence-corrected chi connectivity index (χ0v) is 14.3. The van der Waals surface area contributed by atoms with Crippen molar-refractivity contribution in [3.8, 4) is 0 Å². The molecule has 0 aromatic rings. The molecular formula is C18H37N. The molecule has 0 amide bonds. The van der Waals surface area contributed by atoms with Crippen molar-refractivity contribution in [2.45, 2.75) is 73.6 Å². The Morgan fingerprint density at radius 2 is 1.84 bits per heavy atom. The van der Waals surface area contributed by atoms with E-state index in [1.165, 1.54) is 45.2 Å². The van der Waals surface area contributed by atoms with Crippen LogP contribution in [-0.2, 0) is 0 Å². The fourth-order valence-electron chi connectivity index (χ4n) is 3.85. The van der Waals surface area contributed by atoms with Gasteiger partial charge < -0.3 is 5.32 Å². The summed E-state index contributed by atoms with van der Waals surface area (Å²) < 4.78 is 0. The van der Waals surface area contributed by atoms with Gasteiger partial charge in [-0.05, 0) is 55.0 Å². The highest BCUT2D eigenvalue weighted by atomic mass is 14.9. The standard InChI is InChI=1S/C18H37N/c1-7-8-15-9-10-16(13-19-12-14(2)3)17(11-15)18(4,5)6/h14-17,19H,7-13H2,1-6H3. The molecular weight excluding hydrogens is 230 g/mol. The number of hydrogen-bond donors (Lipinski definition) is 1. The van der Waals surface area contributed by atoms with Crippen LogP contribution in [0.25, 0.3) is 0 Å². The Kier molecular flexibility index (Phi) is 6.86. The molecule has 1 aliphatic carbocycles. The summed E-state index contributed by atoms with van der Waals surface area (Å²) in [6.07, 6.45) is 7.17. The molecule has 3 unspecified atom stereocenters. The van der Waals surface area contributed by atoms with Crippen LogP contribution in [0.2, 0.25) is 0 Å². The second-order valence-corrected chi connectivity index (χ2v) is 8.25. The maximum Gasteiger partial charge on any atom is -0.00176 e. The molecule has 1 aliphatic rings. The van der Waals surface area contributed by atoms with Crippen molar-refractivity contribution in [1.29, 1.82) is 0 Å². The van der Waals surface area contributed by atoms with E-state index in [0.29, 0.717) is 5.41 Å². The van der Waals surface area contributed by atoms with E-state index in [9.17, 15) is 0 Å². The lowest BCUT2D eigenvalue weighted by Crippen LogP contribution is -2.40. The largest absolute Gasteiger partial charge is 0.316 e. The van der Waals surface area contributed by atoms with E-state index in [4.69, 9.17) is 0 Å². The van der Waals surface area contributed by atoms with Crippen molar-refractivity contribution >= 4 is 0 Å². The molecule has 1 N–H and O–H groups in total. The molecule has 1 rings (SSSR count). The molecule has 0 heterocycles. The molecule has 1 nitrogen and oxygen atoms in total. The Balaban J connectivity index is 2.53. The zero-order valence-electron chi connectivity index (χ0n) is 14.3. The summed E-state index contributed by atoms with van der Waals surface area (Å²) in [5, 5.41) is 3.70. The zero-order chi connectivity index (χ0) is 14.5. The van der Waals surface area contributed by atoms with Gasteiger partial charge in [0.25, 0.3) is 0 Å². The van der Waals surface area contributed by atoms with Gasteiger partial charge in [-0.3, -0.25) is 0 Å². The van der Waals surface area contributed by atoms with E-state index >= 15 is 0 Å². The van der Waals surface area contributed by atoms with Gasteiger partial charge in [-0.2, -0.15) is 0 Å². The first kappa shape index (κ1) is 17.0. The predicted molar refractivity (Wildman–Crippen MR) is 86.4 cm³/mol. The van der Waals surface area contributed by atoms with Gasteiger partial charge in [0.1, 0.15) is 0 Å². The van der Waals surface area contributed by atoms with E-state index in [-0.39, 0.29) is 0 Å². The maximum absolute atomic E-state index is 3.70. The minimum atomic E-state index is 0.469. The smallest absolute Gasteiger partial charge is 0.00176 e. The molecule has 0 spiro atoms. The Hall–Kier alpha value is -0.0400. The molecule has 19 heavy (non-hydrogen) atoms. The molecule has 0 bridgehead atoms. The Bertz CT molecular complexity index is 239. The molecule has 0 saturated heterocycles. The fourth-order valence-corrected chi connectivity index (χ4v) is 3.85. The van der Waals surface area contributed by atoms with Crippen LogP contribution in [0.3, 0.4) is 0 Å². The van der Waals surface area contributed by atoms with Gasteiger partial charge >= 0.3 is 0 Å². The molecule has 1 heteroatoms. The quantitative estimate of drug-likeness (QED) is 0.705. The van der Waals surface area contributed by atoms with Crippen LogP contribution in [0.1, 0.15) is 73.6 Å². The highest BCUT2D eigenvalue weighted by Crippen LogP contribution is 2.44. The van der Waals surface area contributed by atoms with Gasteiger partial charge in [-0.25, -0.2) is 0 Å². The van der Waals surface area contributed by atoms with Gasteiger partial charge in [0.05, 0.1) is 0 Å². The fraction of sp³-hybridized carbons (Fsp3) is 1.00. The van der Waals surface area contributed by atoms with E-state index in [1.807, 2.05) is 0 Å². The van der Waals surface area contributed by atoms with E-state index in [2.05, 4.69) is 46.9 Å². The number of rotatable bonds is 6. The predicted octanol–water partition coefficient (Wildman–Crippen LogP) is 5.11. The second kappa shape index (κ2) is 7.67. The lowest BCUT2D eigenvalue weighted by molar-refractivity contribution is 0.0720. The number of nitrogens with one attached hydrogen (secondary N) is 1. The average molecular weight is 268 g/mol. The van der Waals surface area contributed by atoms with Crippen molar-refractivity contribution in [3.63, 3.8) is 0 Å². The molecule has 0 aliphatic heterocycles. The molecule has 3 atom stereocenters. The monoisotopic (exact) mass is 267 g/mol. The van der Waals surface area contributed by atoms with Crippen molar-refractivity contribution in [2.24, 2.45) is 29.1 Å². The van der Waals surface area contributed by atoms with Crippen LogP contribution in [0.5, 0.6) is 0 Å². The lowest BCUT2D eigenvalue weighted by atomic mass is 9.63. The van der Waals surface area contributed by atoms with Gasteiger partial charge in [0, 0.05) is 0 Å². The van der Waals surface area contributed by atoms with Crippen molar-refractivity contribution in [2.75, 3.05) is 13.1 Å². The summed E-state index contributed by atoms with van der Waals surface area (Å²) in [4.78, 5) is 0. The summed E-state index contributed by atoms with van der Waals surface area (Å²) in [7, 11) is 0. The summed E-state index contributed by atoms with van der Waals surface area (Å²) >= 11 is 0. The Labute approximate surface area is 121 Å². The molecule has 1 saturated carbocycles. The molecule has 1 fully saturated rings. The molecule has 114 valence electrons. The summed E-state index contributed by atoms with van der Waals surface area (Å²) in [5.41, 5.74) is 0.469. The van der Waals surface area contributed by atoms with Gasteiger partial charge in [0.15, 0.2) is 0 Å². The normalized spacial score (nSPS) is 28.9. The van der Waals surface area contributed by atoms with Crippen molar-refractivity contribution < 1.29 is 0 Å². The Morgan fingerprint density at radius 3 is 2.37 bits per heavy atom. The molecule has 0 aromatic carbocycles. The van der Waals surface area contributed by atoms with Crippen LogP contribution >= 0.6 is 0 Å². The lowest BCUT2D eigenvalue weighted by Gasteiger charge is -2.44. The highest BCUT2D eigenvalue weighted by molar-refractivity contribution is 4.88. The van der Waals surface area contributed by atoms with Crippen LogP contribution < -0.4 is 5.32 Å². The summed E-state index contributed by atoms with van der Waals surface area (Å²) in [5.74, 6) is 3.56. The third-order valence-corrected chi connectivity index (χ3v) is 4.87. The third kappa shape index (κ3) is 5.85. The van der Waals surface area contributed by atoms with Crippen LogP contribution in [0.15, 0.2) is 0 Å². The highest BCUT2D eigenvalue weighted by Gasteiger charge is 2.36. The summed E-state index contributed by atoms with van der Waals surface area (Å²) in [6.45, 7) is 16.7. The van der Waals surface area contributed by atoms with Gasteiger partial charge in [-0.1, -0.05) is 60.8 Å². The molecule has 0 radical (unpaired) electrons. The maximum atomic E-state index is 3.70. The average Bonchev–Trinajstić information content (AvgIpc) is 2.29.